The Morgan fingerprint density at radius 2 is 1.38 bits per heavy atom. The van der Waals surface area contributed by atoms with Gasteiger partial charge in [-0.1, -0.05) is 30.3 Å². The van der Waals surface area contributed by atoms with Crippen LogP contribution in [0.15, 0.2) is 30.3 Å². The molecule has 0 radical (unpaired) electrons. The van der Waals surface area contributed by atoms with Crippen molar-refractivity contribution in [1.29, 1.82) is 0 Å². The monoisotopic (exact) mass is 235 g/mol. The molecule has 0 aliphatic rings. The van der Waals surface area contributed by atoms with Gasteiger partial charge in [-0.3, -0.25) is 4.79 Å². The van der Waals surface area contributed by atoms with Crippen LogP contribution >= 0.6 is 0 Å². The SMILES string of the molecule is CN(C)C.FC(F)F.O=Cc1ccccc1. The Morgan fingerprint density at radius 3 is 1.56 bits per heavy atom. The maximum Gasteiger partial charge on any atom is 0.379 e. The first-order chi connectivity index (χ1) is 7.40. The minimum absolute atomic E-state index is 0.729. The van der Waals surface area contributed by atoms with Crippen molar-refractivity contribution in [3.05, 3.63) is 35.9 Å². The minimum Gasteiger partial charge on any atom is -0.312 e. The standard InChI is InChI=1S/C7H6O.C3H9N.CHF3/c8-6-7-4-2-1-3-5-7;1-4(2)3;2-1(3)4/h1-6H;1-3H3;1H. The van der Waals surface area contributed by atoms with Gasteiger partial charge in [0.1, 0.15) is 6.29 Å². The van der Waals surface area contributed by atoms with E-state index >= 15 is 0 Å². The van der Waals surface area contributed by atoms with Gasteiger partial charge in [0.05, 0.1) is 0 Å². The van der Waals surface area contributed by atoms with Crippen molar-refractivity contribution < 1.29 is 18.0 Å². The lowest BCUT2D eigenvalue weighted by Gasteiger charge is -1.90. The Bertz CT molecular complexity index is 241. The summed E-state index contributed by atoms with van der Waals surface area (Å²) in [6.45, 7) is -3.67. The second-order valence-corrected chi connectivity index (χ2v) is 3.12. The second kappa shape index (κ2) is 11.7. The van der Waals surface area contributed by atoms with Gasteiger partial charge in [-0.2, -0.15) is 13.2 Å². The normalized spacial score (nSPS) is 8.75. The van der Waals surface area contributed by atoms with Gasteiger partial charge in [0.25, 0.3) is 0 Å². The van der Waals surface area contributed by atoms with E-state index in [1.165, 1.54) is 0 Å². The second-order valence-electron chi connectivity index (χ2n) is 3.12. The molecule has 0 bridgehead atoms. The highest BCUT2D eigenvalue weighted by Gasteiger charge is 1.86. The summed E-state index contributed by atoms with van der Waals surface area (Å²) < 4.78 is 29.0. The van der Waals surface area contributed by atoms with Gasteiger partial charge in [0, 0.05) is 5.56 Å². The van der Waals surface area contributed by atoms with Crippen LogP contribution in [0.1, 0.15) is 10.4 Å². The molecule has 5 heteroatoms. The molecule has 0 amide bonds. The molecule has 0 saturated heterocycles. The van der Waals surface area contributed by atoms with Crippen molar-refractivity contribution in [3.8, 4) is 0 Å². The third kappa shape index (κ3) is 22.9. The Morgan fingerprint density at radius 1 is 1.06 bits per heavy atom. The molecule has 0 spiro atoms. The van der Waals surface area contributed by atoms with Crippen molar-refractivity contribution in [3.63, 3.8) is 0 Å². The van der Waals surface area contributed by atoms with E-state index in [1.807, 2.05) is 44.2 Å². The Balaban J connectivity index is 0. The third-order valence-corrected chi connectivity index (χ3v) is 0.936. The lowest BCUT2D eigenvalue weighted by atomic mass is 10.2. The molecule has 0 saturated carbocycles. The number of carbonyl (C=O) groups excluding carboxylic acids is 1. The summed E-state index contributed by atoms with van der Waals surface area (Å²) in [6, 6.07) is 9.10. The van der Waals surface area contributed by atoms with E-state index in [0.717, 1.165) is 11.8 Å². The molecule has 92 valence electrons. The zero-order valence-electron chi connectivity index (χ0n) is 9.53. The number of hydrogen-bond donors (Lipinski definition) is 0. The van der Waals surface area contributed by atoms with Crippen LogP contribution in [-0.4, -0.2) is 39.0 Å². The first-order valence-electron chi connectivity index (χ1n) is 4.43. The fourth-order valence-corrected chi connectivity index (χ4v) is 0.532. The van der Waals surface area contributed by atoms with Gasteiger partial charge >= 0.3 is 6.68 Å². The molecule has 0 N–H and O–H groups in total. The molecule has 16 heavy (non-hydrogen) atoms. The summed E-state index contributed by atoms with van der Waals surface area (Å²) in [5.41, 5.74) is 0.729. The highest BCUT2D eigenvalue weighted by Crippen LogP contribution is 1.91. The summed E-state index contributed by atoms with van der Waals surface area (Å²) in [5, 5.41) is 0. The van der Waals surface area contributed by atoms with Crippen molar-refractivity contribution >= 4 is 6.29 Å². The number of carbonyl (C=O) groups is 1. The average Bonchev–Trinajstić information content (AvgIpc) is 2.17. The van der Waals surface area contributed by atoms with Gasteiger partial charge in [0.2, 0.25) is 0 Å². The number of aldehydes is 1. The fraction of sp³-hybridized carbons (Fsp3) is 0.364. The molecule has 1 aromatic rings. The van der Waals surface area contributed by atoms with E-state index in [0.29, 0.717) is 0 Å². The number of nitrogens with zero attached hydrogens (tertiary/aromatic N) is 1. The summed E-state index contributed by atoms with van der Waals surface area (Å²) in [6.07, 6.45) is 0.833. The molecule has 0 aromatic heterocycles. The van der Waals surface area contributed by atoms with Crippen LogP contribution < -0.4 is 0 Å². The number of hydrogen-bond acceptors (Lipinski definition) is 2. The van der Waals surface area contributed by atoms with Gasteiger partial charge in [-0.05, 0) is 21.1 Å². The van der Waals surface area contributed by atoms with Gasteiger partial charge < -0.3 is 4.90 Å². The van der Waals surface area contributed by atoms with Crippen LogP contribution in [0.25, 0.3) is 0 Å². The fourth-order valence-electron chi connectivity index (χ4n) is 0.532. The number of halogens is 3. The van der Waals surface area contributed by atoms with Crippen LogP contribution in [0.4, 0.5) is 13.2 Å². The average molecular weight is 235 g/mol. The number of alkyl halides is 3. The summed E-state index contributed by atoms with van der Waals surface area (Å²) in [5.74, 6) is 0. The molecule has 0 atom stereocenters. The predicted molar refractivity (Wildman–Crippen MR) is 58.6 cm³/mol. The van der Waals surface area contributed by atoms with Crippen LogP contribution in [0.5, 0.6) is 0 Å². The third-order valence-electron chi connectivity index (χ3n) is 0.936. The Kier molecular flexibility index (Phi) is 12.5. The quantitative estimate of drug-likeness (QED) is 0.697. The Labute approximate surface area is 93.7 Å². The lowest BCUT2D eigenvalue weighted by Crippen LogP contribution is -1.99. The van der Waals surface area contributed by atoms with Crippen LogP contribution in [0.2, 0.25) is 0 Å². The highest BCUT2D eigenvalue weighted by molar-refractivity contribution is 5.74. The lowest BCUT2D eigenvalue weighted by molar-refractivity contribution is 0.00819. The molecule has 0 aliphatic heterocycles. The van der Waals surface area contributed by atoms with E-state index in [2.05, 4.69) is 0 Å². The molecule has 0 unspecified atom stereocenters. The van der Waals surface area contributed by atoms with Gasteiger partial charge in [-0.15, -0.1) is 0 Å². The van der Waals surface area contributed by atoms with E-state index in [1.54, 1.807) is 12.1 Å². The molecule has 2 nitrogen and oxygen atoms in total. The molecule has 1 aromatic carbocycles. The van der Waals surface area contributed by atoms with Gasteiger partial charge in [-0.25, -0.2) is 0 Å². The van der Waals surface area contributed by atoms with E-state index in [9.17, 15) is 18.0 Å². The van der Waals surface area contributed by atoms with Crippen molar-refractivity contribution in [2.45, 2.75) is 6.68 Å². The summed E-state index contributed by atoms with van der Waals surface area (Å²) >= 11 is 0. The van der Waals surface area contributed by atoms with E-state index < -0.39 is 6.68 Å². The van der Waals surface area contributed by atoms with E-state index in [-0.39, 0.29) is 0 Å². The highest BCUT2D eigenvalue weighted by atomic mass is 19.4. The maximum absolute atomic E-state index is 10.0. The van der Waals surface area contributed by atoms with Crippen molar-refractivity contribution in [2.24, 2.45) is 0 Å². The minimum atomic E-state index is -3.67. The summed E-state index contributed by atoms with van der Waals surface area (Å²) in [7, 11) is 6.00. The van der Waals surface area contributed by atoms with Crippen molar-refractivity contribution in [1.82, 2.24) is 4.90 Å². The zero-order chi connectivity index (χ0) is 13.0. The molecular weight excluding hydrogens is 219 g/mol. The topological polar surface area (TPSA) is 20.3 Å². The number of rotatable bonds is 1. The molecule has 1 rings (SSSR count). The molecular formula is C11H16F3NO. The summed E-state index contributed by atoms with van der Waals surface area (Å²) in [4.78, 5) is 12.0. The Hall–Kier alpha value is -1.36. The van der Waals surface area contributed by atoms with Gasteiger partial charge in [0.15, 0.2) is 0 Å². The molecule has 0 fully saturated rings. The maximum atomic E-state index is 10.0. The van der Waals surface area contributed by atoms with Crippen LogP contribution in [-0.2, 0) is 0 Å². The largest absolute Gasteiger partial charge is 0.379 e. The predicted octanol–water partition coefficient (Wildman–Crippen LogP) is 2.86. The van der Waals surface area contributed by atoms with Crippen LogP contribution in [0, 0.1) is 0 Å². The number of benzene rings is 1. The smallest absolute Gasteiger partial charge is 0.312 e. The van der Waals surface area contributed by atoms with Crippen molar-refractivity contribution in [2.75, 3.05) is 21.1 Å². The first-order valence-corrected chi connectivity index (χ1v) is 4.43. The zero-order valence-corrected chi connectivity index (χ0v) is 9.53. The first kappa shape index (κ1) is 17.0. The molecule has 0 heterocycles. The molecule has 0 aliphatic carbocycles. The van der Waals surface area contributed by atoms with Crippen LogP contribution in [0.3, 0.4) is 0 Å². The van der Waals surface area contributed by atoms with E-state index in [4.69, 9.17) is 0 Å².